The lowest BCUT2D eigenvalue weighted by molar-refractivity contribution is 0.348. The van der Waals surface area contributed by atoms with Crippen molar-refractivity contribution in [3.8, 4) is 0 Å². The Labute approximate surface area is 95.3 Å². The van der Waals surface area contributed by atoms with E-state index in [4.69, 9.17) is 0 Å². The van der Waals surface area contributed by atoms with E-state index in [1.165, 1.54) is 32.1 Å². The molecule has 1 aliphatic carbocycles. The summed E-state index contributed by atoms with van der Waals surface area (Å²) < 4.78 is 0. The lowest BCUT2D eigenvalue weighted by atomic mass is 9.93. The first-order valence-corrected chi connectivity index (χ1v) is 6.66. The Morgan fingerprint density at radius 3 is 2.73 bits per heavy atom. The molecule has 0 spiro atoms. The molecule has 15 heavy (non-hydrogen) atoms. The highest BCUT2D eigenvalue weighted by Gasteiger charge is 2.28. The largest absolute Gasteiger partial charge is 0.313 e. The summed E-state index contributed by atoms with van der Waals surface area (Å²) in [6, 6.07) is 0.694. The van der Waals surface area contributed by atoms with E-state index in [1.807, 2.05) is 0 Å². The fraction of sp³-hybridized carbons (Fsp3) is 0.857. The number of nitrogens with one attached hydrogen (secondary N) is 1. The first-order valence-electron chi connectivity index (χ1n) is 6.66. The van der Waals surface area contributed by atoms with Gasteiger partial charge in [-0.3, -0.25) is 0 Å². The van der Waals surface area contributed by atoms with Gasteiger partial charge in [0.2, 0.25) is 0 Å². The number of hydrogen-bond acceptors (Lipinski definition) is 1. The molecular weight excluding hydrogens is 182 g/mol. The van der Waals surface area contributed by atoms with Gasteiger partial charge < -0.3 is 5.32 Å². The Bertz CT molecular complexity index is 176. The topological polar surface area (TPSA) is 12.0 Å². The minimum Gasteiger partial charge on any atom is -0.313 e. The van der Waals surface area contributed by atoms with Gasteiger partial charge in [-0.05, 0) is 44.1 Å². The minimum absolute atomic E-state index is 0.694. The van der Waals surface area contributed by atoms with Gasteiger partial charge in [0.15, 0.2) is 0 Å². The van der Waals surface area contributed by atoms with Crippen LogP contribution in [0.25, 0.3) is 0 Å². The predicted molar refractivity (Wildman–Crippen MR) is 68.0 cm³/mol. The van der Waals surface area contributed by atoms with E-state index >= 15 is 0 Å². The van der Waals surface area contributed by atoms with Gasteiger partial charge in [-0.15, -0.1) is 6.58 Å². The van der Waals surface area contributed by atoms with Crippen molar-refractivity contribution in [1.29, 1.82) is 0 Å². The molecule has 1 heteroatoms. The molecule has 0 radical (unpaired) electrons. The summed E-state index contributed by atoms with van der Waals surface area (Å²) in [7, 11) is 0. The average Bonchev–Trinajstić information content (AvgIpc) is 2.72. The van der Waals surface area contributed by atoms with Gasteiger partial charge in [0.1, 0.15) is 0 Å². The number of hydrogen-bond donors (Lipinski definition) is 1. The third kappa shape index (κ3) is 3.98. The highest BCUT2D eigenvalue weighted by atomic mass is 14.9. The van der Waals surface area contributed by atoms with E-state index in [0.29, 0.717) is 6.04 Å². The SMILES string of the molecule is C=CCC(NCCC)C1CCC(CC)C1. The van der Waals surface area contributed by atoms with Gasteiger partial charge in [-0.25, -0.2) is 0 Å². The van der Waals surface area contributed by atoms with Crippen LogP contribution in [0.5, 0.6) is 0 Å². The molecule has 1 fully saturated rings. The monoisotopic (exact) mass is 209 g/mol. The maximum Gasteiger partial charge on any atom is 0.0130 e. The zero-order valence-electron chi connectivity index (χ0n) is 10.5. The molecule has 3 unspecified atom stereocenters. The van der Waals surface area contributed by atoms with Gasteiger partial charge in [0.25, 0.3) is 0 Å². The molecule has 88 valence electrons. The maximum absolute atomic E-state index is 3.88. The van der Waals surface area contributed by atoms with Crippen LogP contribution in [-0.2, 0) is 0 Å². The quantitative estimate of drug-likeness (QED) is 0.630. The lowest BCUT2D eigenvalue weighted by Crippen LogP contribution is -2.35. The summed E-state index contributed by atoms with van der Waals surface area (Å²) in [5, 5.41) is 3.69. The third-order valence-electron chi connectivity index (χ3n) is 3.81. The van der Waals surface area contributed by atoms with Crippen molar-refractivity contribution in [2.24, 2.45) is 11.8 Å². The molecule has 1 N–H and O–H groups in total. The summed E-state index contributed by atoms with van der Waals surface area (Å²) in [6.07, 6.45) is 10.1. The lowest BCUT2D eigenvalue weighted by Gasteiger charge is -2.23. The van der Waals surface area contributed by atoms with Gasteiger partial charge in [-0.1, -0.05) is 32.8 Å². The summed E-state index contributed by atoms with van der Waals surface area (Å²) >= 11 is 0. The van der Waals surface area contributed by atoms with Crippen LogP contribution >= 0.6 is 0 Å². The molecule has 0 aromatic rings. The normalized spacial score (nSPS) is 27.9. The molecule has 0 heterocycles. The number of rotatable bonds is 7. The Kier molecular flexibility index (Phi) is 6.00. The van der Waals surface area contributed by atoms with Crippen LogP contribution in [-0.4, -0.2) is 12.6 Å². The Morgan fingerprint density at radius 2 is 2.20 bits per heavy atom. The Balaban J connectivity index is 2.38. The van der Waals surface area contributed by atoms with E-state index in [9.17, 15) is 0 Å². The molecule has 0 aromatic carbocycles. The van der Waals surface area contributed by atoms with Gasteiger partial charge in [-0.2, -0.15) is 0 Å². The molecule has 0 saturated heterocycles. The second-order valence-corrected chi connectivity index (χ2v) is 4.93. The smallest absolute Gasteiger partial charge is 0.0130 e. The fourth-order valence-corrected chi connectivity index (χ4v) is 2.80. The maximum atomic E-state index is 3.88. The van der Waals surface area contributed by atoms with E-state index in [-0.39, 0.29) is 0 Å². The second kappa shape index (κ2) is 7.05. The Hall–Kier alpha value is -0.300. The molecule has 3 atom stereocenters. The zero-order chi connectivity index (χ0) is 11.1. The molecule has 1 nitrogen and oxygen atoms in total. The van der Waals surface area contributed by atoms with Gasteiger partial charge in [0.05, 0.1) is 0 Å². The molecule has 1 saturated carbocycles. The predicted octanol–water partition coefficient (Wildman–Crippen LogP) is 3.76. The van der Waals surface area contributed by atoms with Crippen LogP contribution < -0.4 is 5.32 Å². The first-order chi connectivity index (χ1) is 7.31. The van der Waals surface area contributed by atoms with Crippen LogP contribution in [0.2, 0.25) is 0 Å². The van der Waals surface area contributed by atoms with Crippen molar-refractivity contribution >= 4 is 0 Å². The van der Waals surface area contributed by atoms with E-state index < -0.39 is 0 Å². The Morgan fingerprint density at radius 1 is 1.40 bits per heavy atom. The molecule has 0 aliphatic heterocycles. The average molecular weight is 209 g/mol. The third-order valence-corrected chi connectivity index (χ3v) is 3.81. The van der Waals surface area contributed by atoms with Crippen molar-refractivity contribution in [2.75, 3.05) is 6.54 Å². The van der Waals surface area contributed by atoms with Crippen molar-refractivity contribution in [2.45, 2.75) is 58.4 Å². The van der Waals surface area contributed by atoms with Crippen molar-refractivity contribution < 1.29 is 0 Å². The van der Waals surface area contributed by atoms with Gasteiger partial charge >= 0.3 is 0 Å². The van der Waals surface area contributed by atoms with Crippen LogP contribution in [0.1, 0.15) is 52.4 Å². The molecule has 1 rings (SSSR count). The van der Waals surface area contributed by atoms with Crippen LogP contribution in [0, 0.1) is 11.8 Å². The van der Waals surface area contributed by atoms with Crippen molar-refractivity contribution in [1.82, 2.24) is 5.32 Å². The fourth-order valence-electron chi connectivity index (χ4n) is 2.80. The molecule has 0 bridgehead atoms. The first kappa shape index (κ1) is 12.8. The summed E-state index contributed by atoms with van der Waals surface area (Å²) in [5.41, 5.74) is 0. The van der Waals surface area contributed by atoms with E-state index in [2.05, 4.69) is 31.8 Å². The highest BCUT2D eigenvalue weighted by Crippen LogP contribution is 2.35. The van der Waals surface area contributed by atoms with Gasteiger partial charge in [0, 0.05) is 6.04 Å². The van der Waals surface area contributed by atoms with Crippen molar-refractivity contribution in [3.05, 3.63) is 12.7 Å². The van der Waals surface area contributed by atoms with Crippen molar-refractivity contribution in [3.63, 3.8) is 0 Å². The molecular formula is C14H27N. The molecule has 0 amide bonds. The molecule has 1 aliphatic rings. The summed E-state index contributed by atoms with van der Waals surface area (Å²) in [4.78, 5) is 0. The minimum atomic E-state index is 0.694. The summed E-state index contributed by atoms with van der Waals surface area (Å²) in [6.45, 7) is 9.60. The van der Waals surface area contributed by atoms with E-state index in [0.717, 1.165) is 24.8 Å². The zero-order valence-corrected chi connectivity index (χ0v) is 10.5. The summed E-state index contributed by atoms with van der Waals surface area (Å²) in [5.74, 6) is 1.89. The van der Waals surface area contributed by atoms with E-state index in [1.54, 1.807) is 0 Å². The van der Waals surface area contributed by atoms with Crippen LogP contribution in [0.15, 0.2) is 12.7 Å². The standard InChI is InChI=1S/C14H27N/c1-4-7-14(15-10-5-2)13-9-8-12(6-3)11-13/h4,12-15H,1,5-11H2,2-3H3. The second-order valence-electron chi connectivity index (χ2n) is 4.93. The van der Waals surface area contributed by atoms with Crippen LogP contribution in [0.4, 0.5) is 0 Å². The molecule has 0 aromatic heterocycles. The highest BCUT2D eigenvalue weighted by molar-refractivity contribution is 4.88. The van der Waals surface area contributed by atoms with Crippen LogP contribution in [0.3, 0.4) is 0 Å².